The van der Waals surface area contributed by atoms with Gasteiger partial charge in [-0.3, -0.25) is 14.5 Å². The van der Waals surface area contributed by atoms with Crippen molar-refractivity contribution in [1.29, 1.82) is 0 Å². The summed E-state index contributed by atoms with van der Waals surface area (Å²) in [5, 5.41) is 0.390. The van der Waals surface area contributed by atoms with E-state index < -0.39 is 18.0 Å². The molecule has 3 rings (SSSR count). The maximum Gasteiger partial charge on any atom is 0.513 e. The molecule has 32 heavy (non-hydrogen) atoms. The van der Waals surface area contributed by atoms with E-state index in [1.807, 2.05) is 0 Å². The molecule has 0 saturated heterocycles. The lowest BCUT2D eigenvalue weighted by atomic mass is 10.1. The maximum atomic E-state index is 12.8. The fourth-order valence-electron chi connectivity index (χ4n) is 2.61. The van der Waals surface area contributed by atoms with E-state index in [-0.39, 0.29) is 49.0 Å². The van der Waals surface area contributed by atoms with Crippen LogP contribution in [-0.4, -0.2) is 36.0 Å². The van der Waals surface area contributed by atoms with E-state index >= 15 is 0 Å². The number of rotatable bonds is 4. The Kier molecular flexibility index (Phi) is 9.25. The van der Waals surface area contributed by atoms with Crippen LogP contribution in [0.2, 0.25) is 10.0 Å². The highest BCUT2D eigenvalue weighted by molar-refractivity contribution is 9.15. The second-order valence-corrected chi connectivity index (χ2v) is 12.2. The summed E-state index contributed by atoms with van der Waals surface area (Å²) in [6, 6.07) is 0. The number of halogens is 9. The van der Waals surface area contributed by atoms with Crippen LogP contribution in [0, 0.1) is 0 Å². The zero-order chi connectivity index (χ0) is 24.1. The summed E-state index contributed by atoms with van der Waals surface area (Å²) in [7, 11) is 0. The molecule has 0 N–H and O–H groups in total. The van der Waals surface area contributed by atoms with E-state index in [2.05, 4.69) is 112 Å². The molecule has 0 atom stereocenters. The third-order valence-corrected chi connectivity index (χ3v) is 12.8. The van der Waals surface area contributed by atoms with Crippen molar-refractivity contribution in [3.8, 4) is 5.75 Å². The van der Waals surface area contributed by atoms with Crippen molar-refractivity contribution in [2.45, 2.75) is 0 Å². The highest BCUT2D eigenvalue weighted by atomic mass is 79.9. The van der Waals surface area contributed by atoms with Crippen LogP contribution in [0.1, 0.15) is 20.7 Å². The fourth-order valence-corrected chi connectivity index (χ4v) is 7.62. The van der Waals surface area contributed by atoms with Gasteiger partial charge in [-0.1, -0.05) is 23.2 Å². The van der Waals surface area contributed by atoms with Gasteiger partial charge >= 0.3 is 6.16 Å². The Labute approximate surface area is 249 Å². The molecule has 6 nitrogen and oxygen atoms in total. The number of benzene rings is 2. The SMILES string of the molecule is O=C(OCCN1C(=O)c2c(Br)c(Br)c(Br)c(Br)c2C1=O)Oc1c(Br)c(Cl)c(Br)c(Cl)c1Br. The molecule has 2 aromatic carbocycles. The van der Waals surface area contributed by atoms with E-state index in [9.17, 15) is 14.4 Å². The molecule has 2 amide bonds. The first-order chi connectivity index (χ1) is 14.9. The number of fused-ring (bicyclic) bond motifs is 1. The smallest absolute Gasteiger partial charge is 0.432 e. The molecule has 1 aliphatic heterocycles. The molecule has 170 valence electrons. The lowest BCUT2D eigenvalue weighted by molar-refractivity contribution is 0.0562. The van der Waals surface area contributed by atoms with Crippen LogP contribution in [-0.2, 0) is 4.74 Å². The number of carbonyl (C=O) groups is 3. The minimum atomic E-state index is -1.08. The maximum absolute atomic E-state index is 12.8. The van der Waals surface area contributed by atoms with Crippen molar-refractivity contribution >= 4 is 153 Å². The van der Waals surface area contributed by atoms with Crippen LogP contribution in [0.5, 0.6) is 5.75 Å². The highest BCUT2D eigenvalue weighted by Crippen LogP contribution is 2.49. The Morgan fingerprint density at radius 3 is 1.59 bits per heavy atom. The van der Waals surface area contributed by atoms with Gasteiger partial charge in [0, 0.05) is 17.9 Å². The van der Waals surface area contributed by atoms with Crippen LogP contribution in [0.3, 0.4) is 0 Å². The van der Waals surface area contributed by atoms with Crippen molar-refractivity contribution in [3.05, 3.63) is 52.5 Å². The summed E-state index contributed by atoms with van der Waals surface area (Å²) in [6.07, 6.45) is -1.08. The Morgan fingerprint density at radius 1 is 0.719 bits per heavy atom. The number of nitrogens with zero attached hydrogens (tertiary/aromatic N) is 1. The molecule has 2 aromatic rings. The van der Waals surface area contributed by atoms with E-state index in [1.54, 1.807) is 0 Å². The molecule has 0 aromatic heterocycles. The first-order valence-corrected chi connectivity index (χ1v) is 14.3. The lowest BCUT2D eigenvalue weighted by Crippen LogP contribution is -2.33. The Morgan fingerprint density at radius 2 is 1.16 bits per heavy atom. The molecule has 0 bridgehead atoms. The van der Waals surface area contributed by atoms with Gasteiger partial charge in [0.15, 0.2) is 5.75 Å². The van der Waals surface area contributed by atoms with Gasteiger partial charge in [-0.05, 0) is 112 Å². The molecule has 1 heterocycles. The van der Waals surface area contributed by atoms with Crippen LogP contribution in [0.25, 0.3) is 0 Å². The molecule has 0 spiro atoms. The van der Waals surface area contributed by atoms with Gasteiger partial charge in [0.1, 0.15) is 6.61 Å². The third kappa shape index (κ3) is 4.88. The molecular formula is C17H4Br7Cl2NO5. The normalized spacial score (nSPS) is 13.0. The monoisotopic (exact) mass is 924 g/mol. The average molecular weight is 932 g/mol. The first kappa shape index (κ1) is 27.4. The number of imide groups is 1. The van der Waals surface area contributed by atoms with Crippen molar-refractivity contribution in [3.63, 3.8) is 0 Å². The molecule has 0 radical (unpaired) electrons. The van der Waals surface area contributed by atoms with Gasteiger partial charge in [0.2, 0.25) is 0 Å². The van der Waals surface area contributed by atoms with Crippen molar-refractivity contribution in [1.82, 2.24) is 4.90 Å². The molecule has 0 fully saturated rings. The van der Waals surface area contributed by atoms with Crippen LogP contribution in [0.15, 0.2) is 31.3 Å². The number of hydrogen-bond acceptors (Lipinski definition) is 5. The minimum absolute atomic E-state index is 0.0106. The van der Waals surface area contributed by atoms with Gasteiger partial charge in [-0.25, -0.2) is 4.79 Å². The largest absolute Gasteiger partial charge is 0.513 e. The zero-order valence-corrected chi connectivity index (χ0v) is 27.4. The standard InChI is InChI=1S/C17H4Br7Cl2NO5/c18-5-3-4(6(19)8(21)7(5)20)16(29)27(15(3)28)1-2-31-17(30)32-14-10(23)12(25)9(22)13(26)11(14)24/h1-2H2. The first-order valence-electron chi connectivity index (χ1n) is 7.98. The topological polar surface area (TPSA) is 72.9 Å². The average Bonchev–Trinajstić information content (AvgIpc) is 3.01. The van der Waals surface area contributed by atoms with E-state index in [1.165, 1.54) is 0 Å². The predicted octanol–water partition coefficient (Wildman–Crippen LogP) is 9.14. The number of hydrogen-bond donors (Lipinski definition) is 0. The summed E-state index contributed by atoms with van der Waals surface area (Å²) in [5.74, 6) is -1.05. The predicted molar refractivity (Wildman–Crippen MR) is 144 cm³/mol. The second-order valence-electron chi connectivity index (χ2n) is 5.87. The van der Waals surface area contributed by atoms with Gasteiger partial charge in [-0.2, -0.15) is 0 Å². The van der Waals surface area contributed by atoms with Gasteiger partial charge in [-0.15, -0.1) is 0 Å². The quantitative estimate of drug-likeness (QED) is 0.101. The van der Waals surface area contributed by atoms with Crippen LogP contribution >= 0.6 is 135 Å². The van der Waals surface area contributed by atoms with Gasteiger partial charge in [0.05, 0.1) is 41.1 Å². The molecule has 1 aliphatic rings. The summed E-state index contributed by atoms with van der Waals surface area (Å²) < 4.78 is 13.2. The summed E-state index contributed by atoms with van der Waals surface area (Å²) in [6.45, 7) is -0.477. The fraction of sp³-hybridized carbons (Fsp3) is 0.118. The third-order valence-electron chi connectivity index (χ3n) is 4.07. The molecule has 15 heteroatoms. The minimum Gasteiger partial charge on any atom is -0.432 e. The Balaban J connectivity index is 1.71. The zero-order valence-electron chi connectivity index (χ0n) is 14.8. The van der Waals surface area contributed by atoms with Gasteiger partial charge in [0.25, 0.3) is 11.8 Å². The molecule has 0 unspecified atom stereocenters. The second kappa shape index (κ2) is 10.8. The highest BCUT2D eigenvalue weighted by Gasteiger charge is 2.41. The van der Waals surface area contributed by atoms with E-state index in [0.717, 1.165) is 4.90 Å². The Bertz CT molecular complexity index is 1130. The number of carbonyl (C=O) groups excluding carboxylic acids is 3. The molecular weight excluding hydrogens is 928 g/mol. The van der Waals surface area contributed by atoms with E-state index in [4.69, 9.17) is 32.7 Å². The molecule has 0 aliphatic carbocycles. The summed E-state index contributed by atoms with van der Waals surface area (Å²) in [4.78, 5) is 38.8. The Hall–Kier alpha value is 0.790. The van der Waals surface area contributed by atoms with Crippen molar-refractivity contribution in [2.24, 2.45) is 0 Å². The van der Waals surface area contributed by atoms with Crippen molar-refractivity contribution in [2.75, 3.05) is 13.2 Å². The van der Waals surface area contributed by atoms with Crippen LogP contribution in [0.4, 0.5) is 4.79 Å². The van der Waals surface area contributed by atoms with Crippen molar-refractivity contribution < 1.29 is 23.9 Å². The number of amides is 2. The van der Waals surface area contributed by atoms with Gasteiger partial charge < -0.3 is 9.47 Å². The molecule has 0 saturated carbocycles. The lowest BCUT2D eigenvalue weighted by Gasteiger charge is -2.15. The van der Waals surface area contributed by atoms with Crippen LogP contribution < -0.4 is 4.74 Å². The summed E-state index contributed by atoms with van der Waals surface area (Å²) in [5.41, 5.74) is 0.401. The summed E-state index contributed by atoms with van der Waals surface area (Å²) >= 11 is 35.3. The number of ether oxygens (including phenoxy) is 2. The van der Waals surface area contributed by atoms with E-state index in [0.29, 0.717) is 22.4 Å².